The quantitative estimate of drug-likeness (QED) is 0.805. The summed E-state index contributed by atoms with van der Waals surface area (Å²) in [5, 5.41) is 3.26. The van der Waals surface area contributed by atoms with Crippen molar-refractivity contribution in [1.29, 1.82) is 0 Å². The third-order valence-electron chi connectivity index (χ3n) is 2.82. The van der Waals surface area contributed by atoms with Crippen LogP contribution in [0.1, 0.15) is 18.1 Å². The number of nitrogens with two attached hydrogens (primary N) is 1. The van der Waals surface area contributed by atoms with Gasteiger partial charge in [0.25, 0.3) is 0 Å². The Labute approximate surface area is 112 Å². The number of nitrogens with zero attached hydrogens (tertiary/aromatic N) is 2. The van der Waals surface area contributed by atoms with E-state index in [1.807, 2.05) is 38.1 Å². The molecular weight excluding hydrogens is 240 g/mol. The van der Waals surface area contributed by atoms with Gasteiger partial charge in [-0.25, -0.2) is 9.97 Å². The summed E-state index contributed by atoms with van der Waals surface area (Å²) in [7, 11) is 0. The zero-order chi connectivity index (χ0) is 13.7. The first-order valence-corrected chi connectivity index (χ1v) is 6.24. The molecule has 0 aliphatic heterocycles. The van der Waals surface area contributed by atoms with Crippen LogP contribution in [0.2, 0.25) is 0 Å². The van der Waals surface area contributed by atoms with Gasteiger partial charge in [-0.3, -0.25) is 0 Å². The average Bonchev–Trinajstić information content (AvgIpc) is 2.42. The first-order chi connectivity index (χ1) is 9.22. The topological polar surface area (TPSA) is 73.1 Å². The van der Waals surface area contributed by atoms with Gasteiger partial charge in [-0.05, 0) is 25.5 Å². The van der Waals surface area contributed by atoms with Crippen molar-refractivity contribution in [2.45, 2.75) is 20.4 Å². The number of aromatic nitrogens is 2. The van der Waals surface area contributed by atoms with Crippen LogP contribution in [0.15, 0.2) is 30.6 Å². The maximum Gasteiger partial charge on any atom is 0.221 e. The van der Waals surface area contributed by atoms with Gasteiger partial charge in [-0.15, -0.1) is 0 Å². The number of hydrogen-bond acceptors (Lipinski definition) is 5. The summed E-state index contributed by atoms with van der Waals surface area (Å²) >= 11 is 0. The van der Waals surface area contributed by atoms with Crippen molar-refractivity contribution < 1.29 is 4.74 Å². The minimum absolute atomic E-state index is 0.586. The fraction of sp³-hybridized carbons (Fsp3) is 0.286. The van der Waals surface area contributed by atoms with E-state index in [1.54, 1.807) is 0 Å². The van der Waals surface area contributed by atoms with Gasteiger partial charge < -0.3 is 15.8 Å². The van der Waals surface area contributed by atoms with Gasteiger partial charge in [0.1, 0.15) is 12.1 Å². The van der Waals surface area contributed by atoms with Gasteiger partial charge >= 0.3 is 0 Å². The molecule has 5 heteroatoms. The van der Waals surface area contributed by atoms with E-state index in [2.05, 4.69) is 15.3 Å². The first-order valence-electron chi connectivity index (χ1n) is 6.24. The zero-order valence-corrected chi connectivity index (χ0v) is 11.2. The minimum Gasteiger partial charge on any atom is -0.478 e. The largest absolute Gasteiger partial charge is 0.478 e. The molecule has 1 aromatic carbocycles. The molecule has 0 spiro atoms. The molecule has 0 fully saturated rings. The maximum atomic E-state index is 5.90. The van der Waals surface area contributed by atoms with Crippen LogP contribution in [-0.4, -0.2) is 16.6 Å². The van der Waals surface area contributed by atoms with Crippen LogP contribution < -0.4 is 15.8 Å². The summed E-state index contributed by atoms with van der Waals surface area (Å²) < 4.78 is 5.44. The highest BCUT2D eigenvalue weighted by atomic mass is 16.5. The van der Waals surface area contributed by atoms with Crippen molar-refractivity contribution in [3.05, 3.63) is 41.7 Å². The van der Waals surface area contributed by atoms with E-state index >= 15 is 0 Å². The molecule has 2 rings (SSSR count). The highest BCUT2D eigenvalue weighted by Gasteiger charge is 2.07. The lowest BCUT2D eigenvalue weighted by atomic mass is 10.2. The van der Waals surface area contributed by atoms with Crippen LogP contribution in [-0.2, 0) is 6.54 Å². The van der Waals surface area contributed by atoms with E-state index in [0.29, 0.717) is 19.0 Å². The summed E-state index contributed by atoms with van der Waals surface area (Å²) in [6.07, 6.45) is 1.49. The molecule has 0 saturated heterocycles. The summed E-state index contributed by atoms with van der Waals surface area (Å²) in [5.74, 6) is 1.38. The number of anilines is 2. The monoisotopic (exact) mass is 258 g/mol. The molecule has 1 aromatic heterocycles. The van der Waals surface area contributed by atoms with Gasteiger partial charge in [0, 0.05) is 12.2 Å². The maximum absolute atomic E-state index is 5.90. The molecule has 0 bridgehead atoms. The van der Waals surface area contributed by atoms with E-state index < -0.39 is 0 Å². The van der Waals surface area contributed by atoms with E-state index in [-0.39, 0.29) is 0 Å². The van der Waals surface area contributed by atoms with Gasteiger partial charge in [0.15, 0.2) is 0 Å². The van der Waals surface area contributed by atoms with Crippen molar-refractivity contribution in [2.75, 3.05) is 17.7 Å². The Bertz CT molecular complexity index is 557. The predicted molar refractivity (Wildman–Crippen MR) is 76.1 cm³/mol. The molecule has 0 aliphatic rings. The molecule has 0 amide bonds. The molecule has 0 saturated carbocycles. The molecule has 100 valence electrons. The van der Waals surface area contributed by atoms with Crippen LogP contribution in [0.5, 0.6) is 5.88 Å². The third-order valence-corrected chi connectivity index (χ3v) is 2.82. The number of nitrogens with one attached hydrogen (secondary N) is 1. The molecule has 0 radical (unpaired) electrons. The standard InChI is InChI=1S/C14H18N4O/c1-3-19-14-10(2)13(17-9-18-14)16-8-11-6-4-5-7-12(11)15/h4-7,9H,3,8,15H2,1-2H3,(H,16,17,18). The van der Waals surface area contributed by atoms with Crippen LogP contribution in [0.3, 0.4) is 0 Å². The lowest BCUT2D eigenvalue weighted by molar-refractivity contribution is 0.324. The van der Waals surface area contributed by atoms with Crippen molar-refractivity contribution >= 4 is 11.5 Å². The molecule has 0 atom stereocenters. The normalized spacial score (nSPS) is 10.2. The van der Waals surface area contributed by atoms with E-state index in [0.717, 1.165) is 22.6 Å². The molecule has 3 N–H and O–H groups in total. The Hall–Kier alpha value is -2.30. The summed E-state index contributed by atoms with van der Waals surface area (Å²) in [6, 6.07) is 7.76. The number of para-hydroxylation sites is 1. The van der Waals surface area contributed by atoms with Gasteiger partial charge in [-0.1, -0.05) is 18.2 Å². The van der Waals surface area contributed by atoms with Crippen molar-refractivity contribution in [3.63, 3.8) is 0 Å². The predicted octanol–water partition coefficient (Wildman–Crippen LogP) is 2.38. The van der Waals surface area contributed by atoms with Crippen LogP contribution in [0.4, 0.5) is 11.5 Å². The Balaban J connectivity index is 2.12. The number of benzene rings is 1. The Morgan fingerprint density at radius 1 is 1.26 bits per heavy atom. The zero-order valence-electron chi connectivity index (χ0n) is 11.2. The molecule has 5 nitrogen and oxygen atoms in total. The summed E-state index contributed by atoms with van der Waals surface area (Å²) in [4.78, 5) is 8.33. The fourth-order valence-corrected chi connectivity index (χ4v) is 1.77. The van der Waals surface area contributed by atoms with Gasteiger partial charge in [0.2, 0.25) is 5.88 Å². The second kappa shape index (κ2) is 6.04. The van der Waals surface area contributed by atoms with Gasteiger partial charge in [-0.2, -0.15) is 0 Å². The second-order valence-corrected chi connectivity index (χ2v) is 4.14. The first kappa shape index (κ1) is 13.1. The number of ether oxygens (including phenoxy) is 1. The lowest BCUT2D eigenvalue weighted by Gasteiger charge is -2.12. The molecule has 1 heterocycles. The Morgan fingerprint density at radius 2 is 2.05 bits per heavy atom. The Kier molecular flexibility index (Phi) is 4.18. The minimum atomic E-state index is 0.586. The van der Waals surface area contributed by atoms with Crippen LogP contribution >= 0.6 is 0 Å². The summed E-state index contributed by atoms with van der Waals surface area (Å²) in [5.41, 5.74) is 8.62. The number of hydrogen-bond donors (Lipinski definition) is 2. The molecule has 0 aliphatic carbocycles. The van der Waals surface area contributed by atoms with E-state index in [4.69, 9.17) is 10.5 Å². The fourth-order valence-electron chi connectivity index (χ4n) is 1.77. The average molecular weight is 258 g/mol. The van der Waals surface area contributed by atoms with E-state index in [1.165, 1.54) is 6.33 Å². The van der Waals surface area contributed by atoms with Crippen LogP contribution in [0.25, 0.3) is 0 Å². The SMILES string of the molecule is CCOc1ncnc(NCc2ccccc2N)c1C. The molecule has 2 aromatic rings. The number of nitrogen functional groups attached to an aromatic ring is 1. The highest BCUT2D eigenvalue weighted by Crippen LogP contribution is 2.21. The van der Waals surface area contributed by atoms with Crippen molar-refractivity contribution in [1.82, 2.24) is 9.97 Å². The molecular formula is C14H18N4O. The highest BCUT2D eigenvalue weighted by molar-refractivity contribution is 5.51. The smallest absolute Gasteiger partial charge is 0.221 e. The molecule has 0 unspecified atom stereocenters. The second-order valence-electron chi connectivity index (χ2n) is 4.14. The third kappa shape index (κ3) is 3.13. The Morgan fingerprint density at radius 3 is 2.79 bits per heavy atom. The summed E-state index contributed by atoms with van der Waals surface area (Å²) in [6.45, 7) is 5.07. The number of rotatable bonds is 5. The lowest BCUT2D eigenvalue weighted by Crippen LogP contribution is -2.07. The van der Waals surface area contributed by atoms with Crippen LogP contribution in [0, 0.1) is 6.92 Å². The molecule has 19 heavy (non-hydrogen) atoms. The van der Waals surface area contributed by atoms with Crippen molar-refractivity contribution in [3.8, 4) is 5.88 Å². The van der Waals surface area contributed by atoms with Gasteiger partial charge in [0.05, 0.1) is 12.2 Å². The van der Waals surface area contributed by atoms with Crippen molar-refractivity contribution in [2.24, 2.45) is 0 Å². The van der Waals surface area contributed by atoms with E-state index in [9.17, 15) is 0 Å².